The maximum Gasteiger partial charge on any atom is 0.226 e. The van der Waals surface area contributed by atoms with Crippen molar-refractivity contribution in [1.82, 2.24) is 19.5 Å². The Labute approximate surface area is 151 Å². The summed E-state index contributed by atoms with van der Waals surface area (Å²) in [5.74, 6) is 1.24. The number of hydrogen-bond donors (Lipinski definition) is 4. The van der Waals surface area contributed by atoms with E-state index < -0.39 is 6.10 Å². The zero-order chi connectivity index (χ0) is 18.7. The Morgan fingerprint density at radius 1 is 1.23 bits per heavy atom. The van der Waals surface area contributed by atoms with Gasteiger partial charge in [0.1, 0.15) is 5.75 Å². The van der Waals surface area contributed by atoms with Crippen molar-refractivity contribution in [2.45, 2.75) is 40.0 Å². The van der Waals surface area contributed by atoms with Crippen molar-refractivity contribution < 1.29 is 10.2 Å². The second kappa shape index (κ2) is 7.57. The van der Waals surface area contributed by atoms with Crippen molar-refractivity contribution in [1.29, 1.82) is 0 Å². The van der Waals surface area contributed by atoms with Crippen LogP contribution in [0.1, 0.15) is 25.0 Å². The van der Waals surface area contributed by atoms with E-state index >= 15 is 0 Å². The molecule has 1 atom stereocenters. The van der Waals surface area contributed by atoms with Crippen LogP contribution < -0.4 is 10.6 Å². The van der Waals surface area contributed by atoms with Crippen LogP contribution in [-0.2, 0) is 13.1 Å². The number of anilines is 2. The van der Waals surface area contributed by atoms with Crippen LogP contribution in [0.15, 0.2) is 24.5 Å². The highest BCUT2D eigenvalue weighted by Crippen LogP contribution is 2.24. The summed E-state index contributed by atoms with van der Waals surface area (Å²) in [4.78, 5) is 13.4. The zero-order valence-corrected chi connectivity index (χ0v) is 15.2. The molecule has 0 bridgehead atoms. The normalized spacial score (nSPS) is 12.3. The number of aliphatic hydroxyl groups excluding tert-OH is 1. The molecule has 0 aliphatic rings. The van der Waals surface area contributed by atoms with E-state index in [1.165, 1.54) is 0 Å². The van der Waals surface area contributed by atoms with Gasteiger partial charge in [-0.2, -0.15) is 9.97 Å². The number of fused-ring (bicyclic) bond motifs is 1. The monoisotopic (exact) mass is 356 g/mol. The highest BCUT2D eigenvalue weighted by atomic mass is 16.3. The molecule has 138 valence electrons. The standard InChI is InChI=1S/C18H24N6O2/c1-4-24-10-21-15-16(19-9-13-7-11(2)5-6-14(13)26)22-18(23-17(15)24)20-8-12(3)25/h5-7,10,12,25-26H,4,8-9H2,1-3H3,(H2,19,20,22,23). The second-order valence-electron chi connectivity index (χ2n) is 6.31. The molecule has 2 aromatic heterocycles. The average Bonchev–Trinajstić information content (AvgIpc) is 3.03. The number of aromatic nitrogens is 4. The first-order chi connectivity index (χ1) is 12.5. The summed E-state index contributed by atoms with van der Waals surface area (Å²) in [6, 6.07) is 5.48. The Morgan fingerprint density at radius 3 is 2.77 bits per heavy atom. The fourth-order valence-corrected chi connectivity index (χ4v) is 2.65. The predicted molar refractivity (Wildman–Crippen MR) is 101 cm³/mol. The Balaban J connectivity index is 1.92. The molecule has 0 spiro atoms. The van der Waals surface area contributed by atoms with Crippen molar-refractivity contribution in [3.8, 4) is 5.75 Å². The first-order valence-electron chi connectivity index (χ1n) is 8.65. The second-order valence-corrected chi connectivity index (χ2v) is 6.31. The molecule has 3 rings (SSSR count). The molecule has 0 amide bonds. The largest absolute Gasteiger partial charge is 0.508 e. The van der Waals surface area contributed by atoms with E-state index in [1.54, 1.807) is 19.3 Å². The van der Waals surface area contributed by atoms with E-state index in [2.05, 4.69) is 25.6 Å². The number of aryl methyl sites for hydroxylation is 2. The molecule has 0 radical (unpaired) electrons. The van der Waals surface area contributed by atoms with Gasteiger partial charge in [-0.05, 0) is 26.8 Å². The van der Waals surface area contributed by atoms with Crippen LogP contribution in [0.5, 0.6) is 5.75 Å². The lowest BCUT2D eigenvalue weighted by molar-refractivity contribution is 0.208. The number of aliphatic hydroxyl groups is 1. The highest BCUT2D eigenvalue weighted by molar-refractivity contribution is 5.84. The lowest BCUT2D eigenvalue weighted by Gasteiger charge is -2.12. The minimum atomic E-state index is -0.508. The summed E-state index contributed by atoms with van der Waals surface area (Å²) in [5.41, 5.74) is 3.24. The van der Waals surface area contributed by atoms with Gasteiger partial charge in [-0.15, -0.1) is 0 Å². The Bertz CT molecular complexity index is 906. The number of aromatic hydroxyl groups is 1. The average molecular weight is 356 g/mol. The number of hydrogen-bond acceptors (Lipinski definition) is 7. The first kappa shape index (κ1) is 17.9. The fraction of sp³-hybridized carbons (Fsp3) is 0.389. The predicted octanol–water partition coefficient (Wildman–Crippen LogP) is 2.27. The third-order valence-corrected chi connectivity index (χ3v) is 4.04. The van der Waals surface area contributed by atoms with Gasteiger partial charge in [-0.3, -0.25) is 0 Å². The molecule has 0 fully saturated rings. The van der Waals surface area contributed by atoms with Gasteiger partial charge in [0.05, 0.1) is 12.4 Å². The van der Waals surface area contributed by atoms with E-state index in [0.29, 0.717) is 36.0 Å². The molecule has 26 heavy (non-hydrogen) atoms. The zero-order valence-electron chi connectivity index (χ0n) is 15.2. The van der Waals surface area contributed by atoms with Gasteiger partial charge in [0.25, 0.3) is 0 Å². The molecule has 1 aromatic carbocycles. The lowest BCUT2D eigenvalue weighted by Crippen LogP contribution is -2.17. The summed E-state index contributed by atoms with van der Waals surface area (Å²) < 4.78 is 1.93. The summed E-state index contributed by atoms with van der Waals surface area (Å²) in [7, 11) is 0. The molecule has 1 unspecified atom stereocenters. The molecule has 0 aliphatic heterocycles. The van der Waals surface area contributed by atoms with Crippen molar-refractivity contribution in [3.05, 3.63) is 35.7 Å². The number of nitrogens with one attached hydrogen (secondary N) is 2. The van der Waals surface area contributed by atoms with E-state index in [1.807, 2.05) is 30.5 Å². The highest BCUT2D eigenvalue weighted by Gasteiger charge is 2.14. The molecular weight excluding hydrogens is 332 g/mol. The number of rotatable bonds is 7. The maximum atomic E-state index is 10.0. The minimum absolute atomic E-state index is 0.236. The fourth-order valence-electron chi connectivity index (χ4n) is 2.65. The molecule has 8 heteroatoms. The van der Waals surface area contributed by atoms with Crippen molar-refractivity contribution in [2.24, 2.45) is 0 Å². The molecule has 4 N–H and O–H groups in total. The lowest BCUT2D eigenvalue weighted by atomic mass is 10.1. The Hall–Kier alpha value is -2.87. The van der Waals surface area contributed by atoms with Crippen LogP contribution >= 0.6 is 0 Å². The summed E-state index contributed by atoms with van der Waals surface area (Å²) in [6.07, 6.45) is 1.22. The summed E-state index contributed by atoms with van der Waals surface area (Å²) >= 11 is 0. The van der Waals surface area contributed by atoms with Crippen LogP contribution in [0.25, 0.3) is 11.2 Å². The van der Waals surface area contributed by atoms with Gasteiger partial charge >= 0.3 is 0 Å². The molecule has 0 saturated carbocycles. The molecule has 8 nitrogen and oxygen atoms in total. The van der Waals surface area contributed by atoms with Crippen LogP contribution in [0.2, 0.25) is 0 Å². The quantitative estimate of drug-likeness (QED) is 0.514. The first-order valence-corrected chi connectivity index (χ1v) is 8.65. The van der Waals surface area contributed by atoms with Crippen LogP contribution in [0.4, 0.5) is 11.8 Å². The SMILES string of the molecule is CCn1cnc2c(NCc3cc(C)ccc3O)nc(NCC(C)O)nc21. The van der Waals surface area contributed by atoms with Crippen molar-refractivity contribution >= 4 is 22.9 Å². The van der Waals surface area contributed by atoms with Gasteiger partial charge in [0.15, 0.2) is 17.0 Å². The number of nitrogens with zero attached hydrogens (tertiary/aromatic N) is 4. The summed E-state index contributed by atoms with van der Waals surface area (Å²) in [5, 5.41) is 25.8. The molecular formula is C18H24N6O2. The smallest absolute Gasteiger partial charge is 0.226 e. The molecule has 2 heterocycles. The third-order valence-electron chi connectivity index (χ3n) is 4.04. The van der Waals surface area contributed by atoms with E-state index in [4.69, 9.17) is 0 Å². The molecule has 0 aliphatic carbocycles. The van der Waals surface area contributed by atoms with E-state index in [9.17, 15) is 10.2 Å². The Kier molecular flexibility index (Phi) is 5.22. The van der Waals surface area contributed by atoms with E-state index in [-0.39, 0.29) is 5.75 Å². The Morgan fingerprint density at radius 2 is 2.04 bits per heavy atom. The number of imidazole rings is 1. The minimum Gasteiger partial charge on any atom is -0.508 e. The van der Waals surface area contributed by atoms with Gasteiger partial charge in [0.2, 0.25) is 5.95 Å². The van der Waals surface area contributed by atoms with Crippen LogP contribution in [-0.4, -0.2) is 42.4 Å². The molecule has 3 aromatic rings. The molecule has 0 saturated heterocycles. The van der Waals surface area contributed by atoms with Gasteiger partial charge < -0.3 is 25.4 Å². The number of phenolic OH excluding ortho intramolecular Hbond substituents is 1. The number of phenols is 1. The van der Waals surface area contributed by atoms with Crippen LogP contribution in [0.3, 0.4) is 0 Å². The van der Waals surface area contributed by atoms with E-state index in [0.717, 1.165) is 17.7 Å². The van der Waals surface area contributed by atoms with Crippen LogP contribution in [0, 0.1) is 6.92 Å². The van der Waals surface area contributed by atoms with Gasteiger partial charge in [0, 0.05) is 25.2 Å². The van der Waals surface area contributed by atoms with Gasteiger partial charge in [-0.1, -0.05) is 17.7 Å². The van der Waals surface area contributed by atoms with Gasteiger partial charge in [-0.25, -0.2) is 4.98 Å². The maximum absolute atomic E-state index is 10.0. The topological polar surface area (TPSA) is 108 Å². The van der Waals surface area contributed by atoms with Crippen molar-refractivity contribution in [3.63, 3.8) is 0 Å². The van der Waals surface area contributed by atoms with Crippen molar-refractivity contribution in [2.75, 3.05) is 17.2 Å². The number of benzene rings is 1. The third kappa shape index (κ3) is 3.85. The summed E-state index contributed by atoms with van der Waals surface area (Å²) in [6.45, 7) is 7.19.